The average Bonchev–Trinajstić information content (AvgIpc) is 2.37. The molecule has 0 aromatic carbocycles. The van der Waals surface area contributed by atoms with Gasteiger partial charge in [-0.25, -0.2) is 0 Å². The summed E-state index contributed by atoms with van der Waals surface area (Å²) in [4.78, 5) is 0. The van der Waals surface area contributed by atoms with Gasteiger partial charge in [0.25, 0.3) is 0 Å². The van der Waals surface area contributed by atoms with Gasteiger partial charge in [0.2, 0.25) is 0 Å². The Kier molecular flexibility index (Phi) is 8.10. The minimum atomic E-state index is -2.52. The van der Waals surface area contributed by atoms with Gasteiger partial charge in [0, 0.05) is 0 Å². The third kappa shape index (κ3) is 3.30. The monoisotopic (exact) mass is 330 g/mol. The van der Waals surface area contributed by atoms with Crippen molar-refractivity contribution < 1.29 is 17.1 Å². The van der Waals surface area contributed by atoms with Crippen LogP contribution in [0.4, 0.5) is 0 Å². The quantitative estimate of drug-likeness (QED) is 0.628. The average molecular weight is 328 g/mol. The second-order valence-electron chi connectivity index (χ2n) is 4.27. The molecule has 0 radical (unpaired) electrons. The predicted molar refractivity (Wildman–Crippen MR) is 73.2 cm³/mol. The fraction of sp³-hybridized carbons (Fsp3) is 1.00. The van der Waals surface area contributed by atoms with Gasteiger partial charge in [-0.05, 0) is 0 Å². The van der Waals surface area contributed by atoms with Gasteiger partial charge >= 0.3 is 113 Å². The van der Waals surface area contributed by atoms with Crippen molar-refractivity contribution in [2.75, 3.05) is 54.4 Å². The van der Waals surface area contributed by atoms with E-state index in [1.54, 1.807) is 0 Å². The first-order chi connectivity index (χ1) is 7.93. The first-order valence-corrected chi connectivity index (χ1v) is 10.2. The van der Waals surface area contributed by atoms with E-state index >= 15 is 0 Å². The van der Waals surface area contributed by atoms with Crippen molar-refractivity contribution in [3.63, 3.8) is 0 Å². The molecule has 5 heteroatoms. The molecule has 0 amide bonds. The Hall–Kier alpha value is 0.528. The molecule has 0 bridgehead atoms. The van der Waals surface area contributed by atoms with Crippen LogP contribution in [-0.4, -0.2) is 68.2 Å². The van der Waals surface area contributed by atoms with Crippen molar-refractivity contribution in [2.45, 2.75) is 27.7 Å². The summed E-state index contributed by atoms with van der Waals surface area (Å²) >= 11 is -2.52. The molecule has 0 rings (SSSR count). The number of hydrogen-bond donors (Lipinski definition) is 0. The molecule has 0 saturated heterocycles. The van der Waals surface area contributed by atoms with Crippen LogP contribution in [0.2, 0.25) is 0 Å². The fourth-order valence-electron chi connectivity index (χ4n) is 2.12. The van der Waals surface area contributed by atoms with Crippen LogP contribution < -0.4 is 0 Å². The van der Waals surface area contributed by atoms with Gasteiger partial charge in [0.05, 0.1) is 0 Å². The molecule has 0 aliphatic carbocycles. The van der Waals surface area contributed by atoms with Crippen molar-refractivity contribution in [3.8, 4) is 0 Å². The minimum absolute atomic E-state index is 1.11. The molecule has 0 aliphatic heterocycles. The van der Waals surface area contributed by atoms with Crippen molar-refractivity contribution in [2.24, 2.45) is 0 Å². The molecule has 0 unspecified atom stereocenters. The molecule has 0 aromatic heterocycles. The fourth-order valence-corrected chi connectivity index (χ4v) is 12.5. The summed E-state index contributed by atoms with van der Waals surface area (Å²) in [7, 11) is 9.13. The third-order valence-electron chi connectivity index (χ3n) is 3.45. The van der Waals surface area contributed by atoms with Gasteiger partial charge in [-0.1, -0.05) is 0 Å². The summed E-state index contributed by atoms with van der Waals surface area (Å²) in [6.45, 7) is 13.5. The van der Waals surface area contributed by atoms with Crippen LogP contribution in [0.1, 0.15) is 27.7 Å². The first kappa shape index (κ1) is 17.5. The topological polar surface area (TPSA) is 13.0 Å². The molecule has 0 atom stereocenters. The number of hydrogen-bond acceptors (Lipinski definition) is 4. The Morgan fingerprint density at radius 2 is 0.706 bits per heavy atom. The zero-order chi connectivity index (χ0) is 13.6. The van der Waals surface area contributed by atoms with Gasteiger partial charge in [-0.15, -0.1) is 0 Å². The molecule has 104 valence electrons. The molecule has 0 heterocycles. The summed E-state index contributed by atoms with van der Waals surface area (Å²) in [5, 5.41) is 0. The maximum atomic E-state index is 2.60. The normalized spacial score (nSPS) is 13.4. The Morgan fingerprint density at radius 1 is 0.529 bits per heavy atom. The Labute approximate surface area is 113 Å². The predicted octanol–water partition coefficient (Wildman–Crippen LogP) is 1.61. The molecular formula is C12H32MoN4+2. The zero-order valence-electron chi connectivity index (χ0n) is 13.0. The molecule has 4 nitrogen and oxygen atoms in total. The van der Waals surface area contributed by atoms with Crippen LogP contribution >= 0.6 is 0 Å². The molecule has 17 heavy (non-hydrogen) atoms. The summed E-state index contributed by atoms with van der Waals surface area (Å²) in [6, 6.07) is 0. The van der Waals surface area contributed by atoms with E-state index in [2.05, 4.69) is 69.7 Å². The summed E-state index contributed by atoms with van der Waals surface area (Å²) in [5.74, 6) is 0. The van der Waals surface area contributed by atoms with E-state index in [9.17, 15) is 0 Å². The van der Waals surface area contributed by atoms with Gasteiger partial charge < -0.3 is 0 Å². The van der Waals surface area contributed by atoms with Gasteiger partial charge in [0.15, 0.2) is 0 Å². The zero-order valence-corrected chi connectivity index (χ0v) is 15.0. The molecule has 0 spiro atoms. The van der Waals surface area contributed by atoms with E-state index in [0.29, 0.717) is 0 Å². The Morgan fingerprint density at radius 3 is 0.824 bits per heavy atom. The van der Waals surface area contributed by atoms with E-state index in [4.69, 9.17) is 0 Å². The molecule has 0 aliphatic rings. The van der Waals surface area contributed by atoms with Crippen LogP contribution in [0.3, 0.4) is 0 Å². The number of rotatable bonds is 8. The third-order valence-corrected chi connectivity index (χ3v) is 14.2. The second kappa shape index (κ2) is 7.85. The van der Waals surface area contributed by atoms with E-state index in [1.807, 2.05) is 0 Å². The summed E-state index contributed by atoms with van der Waals surface area (Å²) in [6.07, 6.45) is 0. The van der Waals surface area contributed by atoms with E-state index in [1.165, 1.54) is 0 Å². The van der Waals surface area contributed by atoms with Crippen molar-refractivity contribution >= 4 is 0 Å². The van der Waals surface area contributed by atoms with E-state index < -0.39 is 17.1 Å². The van der Waals surface area contributed by atoms with Crippen molar-refractivity contribution in [3.05, 3.63) is 0 Å². The van der Waals surface area contributed by atoms with Crippen molar-refractivity contribution in [1.29, 1.82) is 0 Å². The molecule has 0 N–H and O–H groups in total. The van der Waals surface area contributed by atoms with Crippen molar-refractivity contribution in [1.82, 2.24) is 13.8 Å². The molecular weight excluding hydrogens is 296 g/mol. The van der Waals surface area contributed by atoms with Gasteiger partial charge in [0.1, 0.15) is 0 Å². The Balaban J connectivity index is 5.51. The van der Waals surface area contributed by atoms with Gasteiger partial charge in [-0.2, -0.15) is 0 Å². The maximum absolute atomic E-state index is 2.60. The van der Waals surface area contributed by atoms with Crippen LogP contribution in [-0.2, 0) is 17.1 Å². The van der Waals surface area contributed by atoms with E-state index in [0.717, 1.165) is 26.2 Å². The molecule has 0 saturated carbocycles. The number of nitrogens with zero attached hydrogens (tertiary/aromatic N) is 4. The summed E-state index contributed by atoms with van der Waals surface area (Å²) < 4.78 is 10.4. The SMILES string of the molecule is CC[N](C)[Mo+2]([N](C)CC)([N](C)CC)[N](C)CC. The van der Waals surface area contributed by atoms with E-state index in [-0.39, 0.29) is 0 Å². The Bertz CT molecular complexity index is 167. The van der Waals surface area contributed by atoms with Crippen LogP contribution in [0.25, 0.3) is 0 Å². The van der Waals surface area contributed by atoms with Crippen LogP contribution in [0.15, 0.2) is 0 Å². The second-order valence-corrected chi connectivity index (χ2v) is 12.8. The molecule has 0 fully saturated rings. The molecule has 0 aromatic rings. The van der Waals surface area contributed by atoms with Crippen LogP contribution in [0.5, 0.6) is 0 Å². The standard InChI is InChI=1S/4C3H8N.Mo/c4*1-3-4-2;/h4*3H2,1-2H3;/q4*-1;+6. The first-order valence-electron chi connectivity index (χ1n) is 6.61. The van der Waals surface area contributed by atoms with Crippen LogP contribution in [0, 0.1) is 0 Å². The summed E-state index contributed by atoms with van der Waals surface area (Å²) in [5.41, 5.74) is 0. The van der Waals surface area contributed by atoms with Gasteiger partial charge in [-0.3, -0.25) is 0 Å².